The minimum absolute atomic E-state index is 0.0585. The lowest BCUT2D eigenvalue weighted by Crippen LogP contribution is -2.38. The third-order valence-corrected chi connectivity index (χ3v) is 3.17. The van der Waals surface area contributed by atoms with Crippen molar-refractivity contribution in [1.29, 1.82) is 5.26 Å². The number of nitrogens with zero attached hydrogens (tertiary/aromatic N) is 1. The first-order valence-corrected chi connectivity index (χ1v) is 7.28. The van der Waals surface area contributed by atoms with Gasteiger partial charge in [0.05, 0.1) is 5.56 Å². The fourth-order valence-electron chi connectivity index (χ4n) is 2.30. The molecule has 0 saturated carbocycles. The van der Waals surface area contributed by atoms with Crippen LogP contribution >= 0.6 is 0 Å². The van der Waals surface area contributed by atoms with Crippen molar-refractivity contribution in [2.24, 2.45) is 0 Å². The van der Waals surface area contributed by atoms with E-state index >= 15 is 0 Å². The van der Waals surface area contributed by atoms with E-state index in [1.165, 1.54) is 0 Å². The van der Waals surface area contributed by atoms with Crippen LogP contribution in [0.5, 0.6) is 0 Å². The lowest BCUT2D eigenvalue weighted by atomic mass is 10.0. The third kappa shape index (κ3) is 4.01. The molecule has 1 heterocycles. The third-order valence-electron chi connectivity index (χ3n) is 3.17. The van der Waals surface area contributed by atoms with Crippen LogP contribution < -0.4 is 5.32 Å². The summed E-state index contributed by atoms with van der Waals surface area (Å²) < 4.78 is 5.24. The lowest BCUT2D eigenvalue weighted by molar-refractivity contribution is 0.0508. The van der Waals surface area contributed by atoms with Gasteiger partial charge in [0.15, 0.2) is 0 Å². The summed E-state index contributed by atoms with van der Waals surface area (Å²) in [6.07, 6.45) is 1.96. The molecule has 116 valence electrons. The molecule has 0 radical (unpaired) electrons. The van der Waals surface area contributed by atoms with Crippen LogP contribution in [0.3, 0.4) is 0 Å². The number of hydrogen-bond donors (Lipinski definition) is 2. The number of aromatic amines is 1. The number of fused-ring (bicyclic) bond motifs is 1. The first-order valence-electron chi connectivity index (χ1n) is 7.28. The second-order valence-corrected chi connectivity index (χ2v) is 6.45. The smallest absolute Gasteiger partial charge is 0.407 e. The Morgan fingerprint density at radius 1 is 1.45 bits per heavy atom. The molecular formula is C17H21N3O2. The quantitative estimate of drug-likeness (QED) is 0.910. The van der Waals surface area contributed by atoms with Crippen molar-refractivity contribution in [3.63, 3.8) is 0 Å². The topological polar surface area (TPSA) is 77.9 Å². The average molecular weight is 299 g/mol. The summed E-state index contributed by atoms with van der Waals surface area (Å²) in [4.78, 5) is 14.8. The SMILES string of the molecule is CC(Cc1ccc2[nH]cc(C#N)c2c1)NC(=O)OC(C)(C)C. The number of nitriles is 1. The zero-order valence-corrected chi connectivity index (χ0v) is 13.4. The van der Waals surface area contributed by atoms with Crippen molar-refractivity contribution in [1.82, 2.24) is 10.3 Å². The molecule has 0 aliphatic rings. The highest BCUT2D eigenvalue weighted by Crippen LogP contribution is 2.20. The number of nitrogens with one attached hydrogen (secondary N) is 2. The average Bonchev–Trinajstić information content (AvgIpc) is 2.78. The maximum absolute atomic E-state index is 11.7. The summed E-state index contributed by atoms with van der Waals surface area (Å²) in [6, 6.07) is 8.04. The van der Waals surface area contributed by atoms with Gasteiger partial charge in [-0.3, -0.25) is 0 Å². The number of amides is 1. The maximum Gasteiger partial charge on any atom is 0.407 e. The molecule has 5 nitrogen and oxygen atoms in total. The van der Waals surface area contributed by atoms with E-state index in [4.69, 9.17) is 10.00 Å². The van der Waals surface area contributed by atoms with Crippen LogP contribution in [0.1, 0.15) is 38.8 Å². The van der Waals surface area contributed by atoms with Gasteiger partial charge in [-0.25, -0.2) is 4.79 Å². The summed E-state index contributed by atoms with van der Waals surface area (Å²) in [5.41, 5.74) is 2.13. The molecule has 0 saturated heterocycles. The van der Waals surface area contributed by atoms with Gasteiger partial charge >= 0.3 is 6.09 Å². The highest BCUT2D eigenvalue weighted by atomic mass is 16.6. The number of carbonyl (C=O) groups excluding carboxylic acids is 1. The van der Waals surface area contributed by atoms with Crippen LogP contribution in [0.25, 0.3) is 10.9 Å². The van der Waals surface area contributed by atoms with E-state index in [-0.39, 0.29) is 6.04 Å². The Balaban J connectivity index is 2.04. The van der Waals surface area contributed by atoms with E-state index in [0.29, 0.717) is 12.0 Å². The number of rotatable bonds is 3. The molecule has 0 bridgehead atoms. The van der Waals surface area contributed by atoms with Crippen LogP contribution in [0.2, 0.25) is 0 Å². The molecule has 2 rings (SSSR count). The van der Waals surface area contributed by atoms with Crippen LogP contribution in [0, 0.1) is 11.3 Å². The first kappa shape index (κ1) is 15.9. The lowest BCUT2D eigenvalue weighted by Gasteiger charge is -2.22. The van der Waals surface area contributed by atoms with Gasteiger partial charge in [0.1, 0.15) is 11.7 Å². The predicted molar refractivity (Wildman–Crippen MR) is 85.5 cm³/mol. The van der Waals surface area contributed by atoms with E-state index in [1.54, 1.807) is 6.20 Å². The van der Waals surface area contributed by atoms with Crippen molar-refractivity contribution in [2.45, 2.75) is 45.8 Å². The molecule has 2 N–H and O–H groups in total. The van der Waals surface area contributed by atoms with E-state index in [0.717, 1.165) is 16.5 Å². The number of hydrogen-bond acceptors (Lipinski definition) is 3. The van der Waals surface area contributed by atoms with Crippen molar-refractivity contribution in [3.8, 4) is 6.07 Å². The Labute approximate surface area is 130 Å². The minimum atomic E-state index is -0.504. The molecule has 1 aromatic carbocycles. The maximum atomic E-state index is 11.7. The normalized spacial score (nSPS) is 12.7. The van der Waals surface area contributed by atoms with E-state index < -0.39 is 11.7 Å². The van der Waals surface area contributed by atoms with Gasteiger partial charge in [0.2, 0.25) is 0 Å². The largest absolute Gasteiger partial charge is 0.444 e. The number of ether oxygens (including phenoxy) is 1. The Hall–Kier alpha value is -2.48. The van der Waals surface area contributed by atoms with Crippen molar-refractivity contribution >= 4 is 17.0 Å². The van der Waals surface area contributed by atoms with Gasteiger partial charge in [0, 0.05) is 23.1 Å². The summed E-state index contributed by atoms with van der Waals surface area (Å²) in [5.74, 6) is 0. The Kier molecular flexibility index (Phi) is 4.41. The van der Waals surface area contributed by atoms with Crippen molar-refractivity contribution in [3.05, 3.63) is 35.5 Å². The zero-order valence-electron chi connectivity index (χ0n) is 13.4. The van der Waals surface area contributed by atoms with Crippen LogP contribution in [0.4, 0.5) is 4.79 Å². The molecule has 0 spiro atoms. The van der Waals surface area contributed by atoms with Crippen LogP contribution in [-0.4, -0.2) is 22.7 Å². The minimum Gasteiger partial charge on any atom is -0.444 e. The molecule has 1 amide bonds. The van der Waals surface area contributed by atoms with Crippen molar-refractivity contribution < 1.29 is 9.53 Å². The number of alkyl carbamates (subject to hydrolysis) is 1. The van der Waals surface area contributed by atoms with Gasteiger partial charge in [0.25, 0.3) is 0 Å². The zero-order chi connectivity index (χ0) is 16.3. The van der Waals surface area contributed by atoms with Crippen molar-refractivity contribution in [2.75, 3.05) is 0 Å². The molecule has 1 aromatic heterocycles. The fourth-order valence-corrected chi connectivity index (χ4v) is 2.30. The predicted octanol–water partition coefficient (Wildman–Crippen LogP) is 3.50. The van der Waals surface area contributed by atoms with E-state index in [1.807, 2.05) is 45.9 Å². The molecule has 1 atom stereocenters. The summed E-state index contributed by atoms with van der Waals surface area (Å²) in [6.45, 7) is 7.43. The summed E-state index contributed by atoms with van der Waals surface area (Å²) >= 11 is 0. The fraction of sp³-hybridized carbons (Fsp3) is 0.412. The number of benzene rings is 1. The monoisotopic (exact) mass is 299 g/mol. The highest BCUT2D eigenvalue weighted by Gasteiger charge is 2.17. The highest BCUT2D eigenvalue weighted by molar-refractivity contribution is 5.86. The summed E-state index contributed by atoms with van der Waals surface area (Å²) in [7, 11) is 0. The first-order chi connectivity index (χ1) is 10.3. The molecule has 0 fully saturated rings. The standard InChI is InChI=1S/C17H21N3O2/c1-11(20-16(21)22-17(2,3)4)7-12-5-6-15-14(8-12)13(9-18)10-19-15/h5-6,8,10-11,19H,7H2,1-4H3,(H,20,21). The number of aromatic nitrogens is 1. The van der Waals surface area contributed by atoms with Gasteiger partial charge in [-0.15, -0.1) is 0 Å². The Morgan fingerprint density at radius 2 is 2.18 bits per heavy atom. The molecule has 5 heteroatoms. The second-order valence-electron chi connectivity index (χ2n) is 6.45. The second kappa shape index (κ2) is 6.10. The van der Waals surface area contributed by atoms with Gasteiger partial charge in [-0.2, -0.15) is 5.26 Å². The Bertz CT molecular complexity index is 720. The summed E-state index contributed by atoms with van der Waals surface area (Å²) in [5, 5.41) is 12.8. The van der Waals surface area contributed by atoms with Gasteiger partial charge < -0.3 is 15.0 Å². The Morgan fingerprint density at radius 3 is 2.82 bits per heavy atom. The van der Waals surface area contributed by atoms with Gasteiger partial charge in [-0.05, 0) is 51.8 Å². The number of H-pyrrole nitrogens is 1. The molecule has 0 aliphatic heterocycles. The van der Waals surface area contributed by atoms with Crippen LogP contribution in [0.15, 0.2) is 24.4 Å². The molecular weight excluding hydrogens is 278 g/mol. The molecule has 2 aromatic rings. The molecule has 0 aliphatic carbocycles. The number of carbonyl (C=O) groups is 1. The molecule has 1 unspecified atom stereocenters. The van der Waals surface area contributed by atoms with Crippen LogP contribution in [-0.2, 0) is 11.2 Å². The van der Waals surface area contributed by atoms with E-state index in [9.17, 15) is 4.79 Å². The van der Waals surface area contributed by atoms with Gasteiger partial charge in [-0.1, -0.05) is 6.07 Å². The van der Waals surface area contributed by atoms with E-state index in [2.05, 4.69) is 16.4 Å². The molecule has 22 heavy (non-hydrogen) atoms.